The van der Waals surface area contributed by atoms with Crippen molar-refractivity contribution in [1.29, 1.82) is 0 Å². The molecule has 0 aromatic heterocycles. The van der Waals surface area contributed by atoms with Gasteiger partial charge in [-0.1, -0.05) is 44.2 Å². The second-order valence-corrected chi connectivity index (χ2v) is 8.41. The van der Waals surface area contributed by atoms with Crippen LogP contribution in [0.15, 0.2) is 30.3 Å². The molecule has 6 heteroatoms. The number of hydrogen-bond donors (Lipinski definition) is 5. The molecule has 164 valence electrons. The van der Waals surface area contributed by atoms with Crippen molar-refractivity contribution >= 4 is 17.7 Å². The number of hydrogen-bond acceptors (Lipinski definition) is 5. The fraction of sp³-hybridized carbons (Fsp3) is 0.400. The molecule has 0 spiro atoms. The molecule has 6 nitrogen and oxygen atoms in total. The van der Waals surface area contributed by atoms with E-state index in [2.05, 4.69) is 36.6 Å². The van der Waals surface area contributed by atoms with Crippen LogP contribution < -0.4 is 10.6 Å². The van der Waals surface area contributed by atoms with E-state index in [1.165, 1.54) is 34.4 Å². The van der Waals surface area contributed by atoms with Gasteiger partial charge >= 0.3 is 5.97 Å². The van der Waals surface area contributed by atoms with Gasteiger partial charge in [-0.25, -0.2) is 4.79 Å². The molecule has 31 heavy (non-hydrogen) atoms. The van der Waals surface area contributed by atoms with Crippen LogP contribution in [-0.2, 0) is 30.5 Å². The van der Waals surface area contributed by atoms with Crippen molar-refractivity contribution in [2.45, 2.75) is 57.7 Å². The van der Waals surface area contributed by atoms with Gasteiger partial charge in [0.15, 0.2) is 0 Å². The Morgan fingerprint density at radius 3 is 2.39 bits per heavy atom. The first-order chi connectivity index (χ1) is 14.9. The lowest BCUT2D eigenvalue weighted by molar-refractivity contribution is -0.136. The van der Waals surface area contributed by atoms with Crippen LogP contribution in [-0.4, -0.2) is 39.9 Å². The summed E-state index contributed by atoms with van der Waals surface area (Å²) in [7, 11) is 0. The second kappa shape index (κ2) is 8.73. The Bertz CT molecular complexity index is 998. The molecule has 0 amide bonds. The van der Waals surface area contributed by atoms with Crippen LogP contribution in [0.5, 0.6) is 5.75 Å². The number of carboxylic acid groups (broad SMARTS) is 1. The van der Waals surface area contributed by atoms with Crippen molar-refractivity contribution < 1.29 is 20.1 Å². The molecule has 1 aliphatic carbocycles. The molecule has 0 fully saturated rings. The molecule has 2 aliphatic rings. The molecule has 2 aromatic rings. The van der Waals surface area contributed by atoms with E-state index in [1.807, 2.05) is 0 Å². The first kappa shape index (κ1) is 21.4. The molecule has 0 bridgehead atoms. The molecule has 2 aromatic carbocycles. The summed E-state index contributed by atoms with van der Waals surface area (Å²) in [6, 6.07) is 7.25. The number of benzene rings is 2. The van der Waals surface area contributed by atoms with Crippen LogP contribution in [0.2, 0.25) is 0 Å². The lowest BCUT2D eigenvalue weighted by atomic mass is 9.95. The van der Waals surface area contributed by atoms with Crippen LogP contribution in [0.4, 0.5) is 5.69 Å². The van der Waals surface area contributed by atoms with Crippen molar-refractivity contribution in [3.05, 3.63) is 63.7 Å². The van der Waals surface area contributed by atoms with E-state index < -0.39 is 18.1 Å². The van der Waals surface area contributed by atoms with Gasteiger partial charge in [0.2, 0.25) is 0 Å². The predicted molar refractivity (Wildman–Crippen MR) is 122 cm³/mol. The Kier molecular flexibility index (Phi) is 6.03. The Morgan fingerprint density at radius 2 is 1.81 bits per heavy atom. The number of aromatic hydroxyl groups is 1. The molecule has 1 aliphatic heterocycles. The zero-order chi connectivity index (χ0) is 22.1. The number of aryl methyl sites for hydroxylation is 2. The number of aliphatic hydroxyl groups is 1. The summed E-state index contributed by atoms with van der Waals surface area (Å²) in [4.78, 5) is 11.3. The maximum Gasteiger partial charge on any atom is 0.330 e. The average molecular weight is 423 g/mol. The molecule has 2 unspecified atom stereocenters. The van der Waals surface area contributed by atoms with Crippen molar-refractivity contribution in [2.75, 3.05) is 11.9 Å². The van der Waals surface area contributed by atoms with Crippen LogP contribution in [0.1, 0.15) is 53.3 Å². The average Bonchev–Trinajstić information content (AvgIpc) is 3.18. The summed E-state index contributed by atoms with van der Waals surface area (Å²) in [5, 5.41) is 36.6. The lowest BCUT2D eigenvalue weighted by Crippen LogP contribution is -2.34. The number of carboxylic acids is 1. The van der Waals surface area contributed by atoms with Crippen molar-refractivity contribution in [3.63, 3.8) is 0 Å². The number of aliphatic hydroxyl groups excluding tert-OH is 1. The molecule has 2 atom stereocenters. The number of phenolic OH excluding ortho intramolecular Hbond substituents is 1. The summed E-state index contributed by atoms with van der Waals surface area (Å²) >= 11 is 0. The maximum atomic E-state index is 11.3. The number of fused-ring (bicyclic) bond motifs is 2. The molecule has 0 saturated carbocycles. The van der Waals surface area contributed by atoms with E-state index in [1.54, 1.807) is 12.1 Å². The highest BCUT2D eigenvalue weighted by molar-refractivity contribution is 5.88. The van der Waals surface area contributed by atoms with Crippen molar-refractivity contribution in [1.82, 2.24) is 5.32 Å². The van der Waals surface area contributed by atoms with Gasteiger partial charge in [-0.15, -0.1) is 0 Å². The third-order valence-electron chi connectivity index (χ3n) is 6.45. The van der Waals surface area contributed by atoms with Crippen molar-refractivity contribution in [2.24, 2.45) is 0 Å². The first-order valence-corrected chi connectivity index (χ1v) is 11.0. The van der Waals surface area contributed by atoms with Crippen LogP contribution in [0, 0.1) is 0 Å². The van der Waals surface area contributed by atoms with Gasteiger partial charge < -0.3 is 26.0 Å². The summed E-state index contributed by atoms with van der Waals surface area (Å²) in [5.41, 5.74) is 7.28. The topological polar surface area (TPSA) is 102 Å². The van der Waals surface area contributed by atoms with Gasteiger partial charge in [0.05, 0.1) is 11.8 Å². The number of anilines is 1. The molecular weight excluding hydrogens is 392 g/mol. The monoisotopic (exact) mass is 422 g/mol. The summed E-state index contributed by atoms with van der Waals surface area (Å²) in [6.45, 7) is 4.78. The molecule has 1 heterocycles. The predicted octanol–water partition coefficient (Wildman–Crippen LogP) is 3.20. The van der Waals surface area contributed by atoms with E-state index in [-0.39, 0.29) is 11.8 Å². The quantitative estimate of drug-likeness (QED) is 0.439. The van der Waals surface area contributed by atoms with Crippen LogP contribution in [0.3, 0.4) is 0 Å². The number of phenols is 1. The Balaban J connectivity index is 1.45. The minimum Gasteiger partial charge on any atom is -0.506 e. The fourth-order valence-corrected chi connectivity index (χ4v) is 4.75. The summed E-state index contributed by atoms with van der Waals surface area (Å²) in [6.07, 6.45) is 6.41. The van der Waals surface area contributed by atoms with E-state index >= 15 is 0 Å². The number of rotatable bonds is 7. The van der Waals surface area contributed by atoms with Gasteiger partial charge in [0.1, 0.15) is 11.8 Å². The van der Waals surface area contributed by atoms with Crippen LogP contribution >= 0.6 is 0 Å². The zero-order valence-corrected chi connectivity index (χ0v) is 18.0. The molecule has 4 rings (SSSR count). The van der Waals surface area contributed by atoms with Gasteiger partial charge in [-0.2, -0.15) is 0 Å². The molecule has 0 radical (unpaired) electrons. The normalized spacial score (nSPS) is 18.4. The smallest absolute Gasteiger partial charge is 0.330 e. The van der Waals surface area contributed by atoms with Gasteiger partial charge in [-0.05, 0) is 59.6 Å². The van der Waals surface area contributed by atoms with Gasteiger partial charge in [0.25, 0.3) is 0 Å². The Labute approximate surface area is 182 Å². The zero-order valence-electron chi connectivity index (χ0n) is 18.0. The number of carbonyl (C=O) groups is 1. The van der Waals surface area contributed by atoms with Gasteiger partial charge in [-0.3, -0.25) is 0 Å². The van der Waals surface area contributed by atoms with Crippen LogP contribution in [0.25, 0.3) is 6.08 Å². The number of nitrogens with one attached hydrogen (secondary N) is 2. The van der Waals surface area contributed by atoms with E-state index in [9.17, 15) is 20.1 Å². The third-order valence-corrected chi connectivity index (χ3v) is 6.45. The summed E-state index contributed by atoms with van der Waals surface area (Å²) < 4.78 is 0. The first-order valence-electron chi connectivity index (χ1n) is 11.0. The van der Waals surface area contributed by atoms with E-state index in [4.69, 9.17) is 0 Å². The van der Waals surface area contributed by atoms with Gasteiger partial charge in [0, 0.05) is 18.2 Å². The highest BCUT2D eigenvalue weighted by Gasteiger charge is 2.27. The Morgan fingerprint density at radius 1 is 1.16 bits per heavy atom. The minimum absolute atomic E-state index is 0.0285. The lowest BCUT2D eigenvalue weighted by Gasteiger charge is -2.25. The highest BCUT2D eigenvalue weighted by Crippen LogP contribution is 2.37. The minimum atomic E-state index is -1.02. The maximum absolute atomic E-state index is 11.3. The largest absolute Gasteiger partial charge is 0.506 e. The second-order valence-electron chi connectivity index (χ2n) is 8.41. The summed E-state index contributed by atoms with van der Waals surface area (Å²) in [5.74, 6) is -1.05. The standard InChI is InChI=1S/C25H30N2O4/c1-3-14-9-16-11-18(12-17(16)10-15(14)4-2)26-13-23(29)19-6-8-22(28)24-20(19)5-7-21(27-24)25(30)31/h5-10,18,21,23,26-29H,3-4,11-13H2,1-2H3,(H,30,31). The molecule has 5 N–H and O–H groups in total. The highest BCUT2D eigenvalue weighted by atomic mass is 16.4. The van der Waals surface area contributed by atoms with E-state index in [0.717, 1.165) is 25.7 Å². The van der Waals surface area contributed by atoms with E-state index in [0.29, 0.717) is 23.4 Å². The molecular formula is C25H30N2O4. The third kappa shape index (κ3) is 4.18. The SMILES string of the molecule is CCc1cc2c(cc1CC)CC(NCC(O)c1ccc(O)c3c1C=CC(C(=O)O)N3)C2. The fourth-order valence-electron chi connectivity index (χ4n) is 4.75. The Hall–Kier alpha value is -2.83. The van der Waals surface area contributed by atoms with Crippen molar-refractivity contribution in [3.8, 4) is 5.75 Å². The number of aliphatic carboxylic acids is 1. The molecule has 0 saturated heterocycles.